The Hall–Kier alpha value is -2.96. The van der Waals surface area contributed by atoms with Crippen LogP contribution in [0.15, 0.2) is 55.4 Å². The molecule has 1 aromatic carbocycles. The van der Waals surface area contributed by atoms with E-state index in [2.05, 4.69) is 15.4 Å². The summed E-state index contributed by atoms with van der Waals surface area (Å²) in [6.45, 7) is 0. The van der Waals surface area contributed by atoms with Crippen molar-refractivity contribution in [1.82, 2.24) is 24.6 Å². The van der Waals surface area contributed by atoms with Crippen LogP contribution in [0.4, 0.5) is 4.39 Å². The van der Waals surface area contributed by atoms with Crippen LogP contribution in [0.5, 0.6) is 0 Å². The van der Waals surface area contributed by atoms with Crippen LogP contribution in [-0.2, 0) is 0 Å². The van der Waals surface area contributed by atoms with Gasteiger partial charge in [-0.25, -0.2) is 14.1 Å². The summed E-state index contributed by atoms with van der Waals surface area (Å²) in [5, 5.41) is 7.05. The van der Waals surface area contributed by atoms with E-state index in [-0.39, 0.29) is 18.0 Å². The van der Waals surface area contributed by atoms with Gasteiger partial charge in [-0.15, -0.1) is 0 Å². The third-order valence-electron chi connectivity index (χ3n) is 4.66. The summed E-state index contributed by atoms with van der Waals surface area (Å²) in [5.74, 6) is -0.739. The highest BCUT2D eigenvalue weighted by molar-refractivity contribution is 5.94. The molecule has 2 heterocycles. The van der Waals surface area contributed by atoms with Gasteiger partial charge in [-0.1, -0.05) is 0 Å². The van der Waals surface area contributed by atoms with Gasteiger partial charge in [0, 0.05) is 36.4 Å². The molecule has 0 saturated heterocycles. The summed E-state index contributed by atoms with van der Waals surface area (Å²) in [5.41, 5.74) is 0.628. The second-order valence-corrected chi connectivity index (χ2v) is 6.20. The number of carbonyl (C=O) groups is 1. The Morgan fingerprint density at radius 3 is 2.88 bits per heavy atom. The van der Waals surface area contributed by atoms with Crippen molar-refractivity contribution in [2.45, 2.75) is 31.3 Å². The van der Waals surface area contributed by atoms with Gasteiger partial charge in [0.15, 0.2) is 0 Å². The van der Waals surface area contributed by atoms with Crippen LogP contribution in [0.1, 0.15) is 35.7 Å². The van der Waals surface area contributed by atoms with Crippen molar-refractivity contribution in [3.63, 3.8) is 0 Å². The fourth-order valence-corrected chi connectivity index (χ4v) is 3.43. The van der Waals surface area contributed by atoms with Gasteiger partial charge in [0.1, 0.15) is 11.5 Å². The Labute approximate surface area is 144 Å². The fourth-order valence-electron chi connectivity index (χ4n) is 3.43. The van der Waals surface area contributed by atoms with E-state index in [4.69, 9.17) is 0 Å². The zero-order valence-corrected chi connectivity index (χ0v) is 13.5. The average Bonchev–Trinajstić information content (AvgIpc) is 3.36. The summed E-state index contributed by atoms with van der Waals surface area (Å²) >= 11 is 0. The van der Waals surface area contributed by atoms with Crippen LogP contribution >= 0.6 is 0 Å². The van der Waals surface area contributed by atoms with E-state index in [1.807, 2.05) is 10.8 Å². The van der Waals surface area contributed by atoms with E-state index in [9.17, 15) is 9.18 Å². The van der Waals surface area contributed by atoms with Gasteiger partial charge in [-0.2, -0.15) is 5.10 Å². The Morgan fingerprint density at radius 2 is 2.16 bits per heavy atom. The summed E-state index contributed by atoms with van der Waals surface area (Å²) in [4.78, 5) is 16.6. The first kappa shape index (κ1) is 15.6. The maximum atomic E-state index is 14.3. The van der Waals surface area contributed by atoms with E-state index in [1.54, 1.807) is 43.1 Å². The molecule has 128 valence electrons. The van der Waals surface area contributed by atoms with Gasteiger partial charge in [0.25, 0.3) is 5.91 Å². The van der Waals surface area contributed by atoms with Crippen molar-refractivity contribution >= 4 is 5.91 Å². The first-order chi connectivity index (χ1) is 12.2. The molecule has 0 bridgehead atoms. The van der Waals surface area contributed by atoms with Gasteiger partial charge in [0.05, 0.1) is 12.4 Å². The zero-order valence-electron chi connectivity index (χ0n) is 13.5. The number of imidazole rings is 1. The van der Waals surface area contributed by atoms with Crippen LogP contribution in [0, 0.1) is 5.82 Å². The second-order valence-electron chi connectivity index (χ2n) is 6.20. The molecule has 4 rings (SSSR count). The van der Waals surface area contributed by atoms with Crippen molar-refractivity contribution in [3.05, 3.63) is 66.8 Å². The Kier molecular flexibility index (Phi) is 4.05. The van der Waals surface area contributed by atoms with Gasteiger partial charge >= 0.3 is 0 Å². The number of nitrogens with zero attached hydrogens (tertiary/aromatic N) is 4. The SMILES string of the molecule is O=C(N[C@@H]1CCC[C@@H]1n1ccnc1)c1ccc(-n2cccn2)c(F)c1. The highest BCUT2D eigenvalue weighted by Crippen LogP contribution is 2.30. The molecule has 0 spiro atoms. The molecule has 3 aromatic rings. The number of aromatic nitrogens is 4. The third kappa shape index (κ3) is 3.05. The van der Waals surface area contributed by atoms with E-state index in [0.29, 0.717) is 11.3 Å². The van der Waals surface area contributed by atoms with Crippen molar-refractivity contribution in [2.24, 2.45) is 0 Å². The number of halogens is 1. The number of benzene rings is 1. The number of rotatable bonds is 4. The molecule has 7 heteroatoms. The highest BCUT2D eigenvalue weighted by atomic mass is 19.1. The van der Waals surface area contributed by atoms with Gasteiger partial charge in [0.2, 0.25) is 0 Å². The number of carbonyl (C=O) groups excluding carboxylic acids is 1. The van der Waals surface area contributed by atoms with Crippen molar-refractivity contribution in [1.29, 1.82) is 0 Å². The van der Waals surface area contributed by atoms with Gasteiger partial charge < -0.3 is 9.88 Å². The normalized spacial score (nSPS) is 19.9. The molecule has 25 heavy (non-hydrogen) atoms. The predicted molar refractivity (Wildman–Crippen MR) is 89.9 cm³/mol. The lowest BCUT2D eigenvalue weighted by atomic mass is 10.1. The number of amides is 1. The third-order valence-corrected chi connectivity index (χ3v) is 4.66. The zero-order chi connectivity index (χ0) is 17.2. The largest absolute Gasteiger partial charge is 0.347 e. The molecule has 1 N–H and O–H groups in total. The molecular weight excluding hydrogens is 321 g/mol. The average molecular weight is 339 g/mol. The minimum absolute atomic E-state index is 0.0237. The highest BCUT2D eigenvalue weighted by Gasteiger charge is 2.30. The van der Waals surface area contributed by atoms with E-state index in [0.717, 1.165) is 19.3 Å². The molecule has 1 aliphatic carbocycles. The minimum Gasteiger partial charge on any atom is -0.347 e. The molecule has 1 amide bonds. The lowest BCUT2D eigenvalue weighted by Crippen LogP contribution is -2.38. The number of hydrogen-bond donors (Lipinski definition) is 1. The van der Waals surface area contributed by atoms with Gasteiger partial charge in [-0.3, -0.25) is 4.79 Å². The molecule has 1 saturated carbocycles. The summed E-state index contributed by atoms with van der Waals surface area (Å²) in [6, 6.07) is 6.38. The second kappa shape index (κ2) is 6.51. The van der Waals surface area contributed by atoms with E-state index in [1.165, 1.54) is 10.7 Å². The molecule has 2 atom stereocenters. The monoisotopic (exact) mass is 339 g/mol. The molecule has 1 fully saturated rings. The van der Waals surface area contributed by atoms with Gasteiger partial charge in [-0.05, 0) is 43.5 Å². The molecule has 0 aliphatic heterocycles. The Balaban J connectivity index is 1.50. The minimum atomic E-state index is -0.478. The van der Waals surface area contributed by atoms with Crippen LogP contribution in [0.25, 0.3) is 5.69 Å². The smallest absolute Gasteiger partial charge is 0.251 e. The first-order valence-corrected chi connectivity index (χ1v) is 8.30. The first-order valence-electron chi connectivity index (χ1n) is 8.30. The Morgan fingerprint density at radius 1 is 1.24 bits per heavy atom. The lowest BCUT2D eigenvalue weighted by molar-refractivity contribution is 0.0928. The number of nitrogens with one attached hydrogen (secondary N) is 1. The molecule has 6 nitrogen and oxygen atoms in total. The maximum Gasteiger partial charge on any atom is 0.251 e. The van der Waals surface area contributed by atoms with E-state index >= 15 is 0 Å². The topological polar surface area (TPSA) is 64.7 Å². The van der Waals surface area contributed by atoms with Crippen molar-refractivity contribution < 1.29 is 9.18 Å². The van der Waals surface area contributed by atoms with Crippen LogP contribution < -0.4 is 5.32 Å². The van der Waals surface area contributed by atoms with Crippen LogP contribution in [0.3, 0.4) is 0 Å². The standard InChI is InChI=1S/C18H18FN5O/c19-14-11-13(5-6-16(14)24-9-2-7-21-24)18(25)22-15-3-1-4-17(15)23-10-8-20-12-23/h2,5-12,15,17H,1,3-4H2,(H,22,25)/t15-,17+/m1/s1. The lowest BCUT2D eigenvalue weighted by Gasteiger charge is -2.22. The summed E-state index contributed by atoms with van der Waals surface area (Å²) < 4.78 is 17.8. The summed E-state index contributed by atoms with van der Waals surface area (Å²) in [7, 11) is 0. The predicted octanol–water partition coefficient (Wildman–Crippen LogP) is 2.73. The van der Waals surface area contributed by atoms with E-state index < -0.39 is 5.82 Å². The van der Waals surface area contributed by atoms with Crippen molar-refractivity contribution in [2.75, 3.05) is 0 Å². The van der Waals surface area contributed by atoms with Crippen LogP contribution in [-0.4, -0.2) is 31.3 Å². The quantitative estimate of drug-likeness (QED) is 0.795. The van der Waals surface area contributed by atoms with Crippen molar-refractivity contribution in [3.8, 4) is 5.69 Å². The molecule has 0 radical (unpaired) electrons. The molecule has 0 unspecified atom stereocenters. The molecule has 1 aliphatic rings. The maximum absolute atomic E-state index is 14.3. The fraction of sp³-hybridized carbons (Fsp3) is 0.278. The van der Waals surface area contributed by atoms with Crippen LogP contribution in [0.2, 0.25) is 0 Å². The Bertz CT molecular complexity index is 860. The molecular formula is C18H18FN5O. The number of hydrogen-bond acceptors (Lipinski definition) is 3. The molecule has 2 aromatic heterocycles. The summed E-state index contributed by atoms with van der Waals surface area (Å²) in [6.07, 6.45) is 11.6.